The van der Waals surface area contributed by atoms with E-state index < -0.39 is 17.7 Å². The Kier molecular flexibility index (Phi) is 5.15. The molecule has 4 rings (SSSR count). The van der Waals surface area contributed by atoms with Gasteiger partial charge in [0.25, 0.3) is 0 Å². The van der Waals surface area contributed by atoms with Gasteiger partial charge in [-0.1, -0.05) is 6.07 Å². The molecule has 0 amide bonds. The number of hydrogen-bond acceptors (Lipinski definition) is 6. The summed E-state index contributed by atoms with van der Waals surface area (Å²) in [5, 5.41) is 17.6. The number of pyridine rings is 1. The van der Waals surface area contributed by atoms with Crippen LogP contribution in [0.2, 0.25) is 0 Å². The summed E-state index contributed by atoms with van der Waals surface area (Å²) < 4.78 is 46.7. The van der Waals surface area contributed by atoms with Gasteiger partial charge in [0, 0.05) is 12.8 Å². The minimum atomic E-state index is -4.37. The van der Waals surface area contributed by atoms with Crippen LogP contribution in [0.15, 0.2) is 36.7 Å². The number of nitrogens with one attached hydrogen (secondary N) is 1. The lowest BCUT2D eigenvalue weighted by atomic mass is 9.85. The lowest BCUT2D eigenvalue weighted by Crippen LogP contribution is -2.42. The second-order valence-electron chi connectivity index (χ2n) is 7.87. The van der Waals surface area contributed by atoms with Crippen LogP contribution in [-0.2, 0) is 10.2 Å². The van der Waals surface area contributed by atoms with Gasteiger partial charge in [-0.3, -0.25) is 4.98 Å². The zero-order chi connectivity index (χ0) is 21.5. The first-order valence-corrected chi connectivity index (χ1v) is 9.57. The molecular weight excluding hydrogens is 399 g/mol. The molecule has 0 bridgehead atoms. The number of aliphatic hydroxyl groups excluding tert-OH is 1. The van der Waals surface area contributed by atoms with Crippen molar-refractivity contribution in [1.29, 1.82) is 0 Å². The molecule has 0 aliphatic carbocycles. The van der Waals surface area contributed by atoms with Gasteiger partial charge in [0.1, 0.15) is 0 Å². The molecule has 0 aromatic carbocycles. The maximum atomic E-state index is 13.3. The van der Waals surface area contributed by atoms with E-state index in [1.54, 1.807) is 28.9 Å². The number of halogens is 3. The number of aliphatic hydroxyl groups is 1. The second kappa shape index (κ2) is 7.51. The fourth-order valence-corrected chi connectivity index (χ4v) is 3.30. The number of rotatable bonds is 4. The highest BCUT2D eigenvalue weighted by molar-refractivity contribution is 5.63. The molecule has 0 spiro atoms. The van der Waals surface area contributed by atoms with E-state index in [-0.39, 0.29) is 18.2 Å². The highest BCUT2D eigenvalue weighted by Crippen LogP contribution is 2.40. The predicted molar refractivity (Wildman–Crippen MR) is 104 cm³/mol. The second-order valence-corrected chi connectivity index (χ2v) is 7.87. The van der Waals surface area contributed by atoms with Gasteiger partial charge in [-0.25, -0.2) is 9.50 Å². The minimum absolute atomic E-state index is 0.0881. The van der Waals surface area contributed by atoms with Gasteiger partial charge in [0.15, 0.2) is 0 Å². The Labute approximate surface area is 170 Å². The van der Waals surface area contributed by atoms with Gasteiger partial charge in [0.2, 0.25) is 5.95 Å². The van der Waals surface area contributed by atoms with Gasteiger partial charge in [0.05, 0.1) is 47.3 Å². The summed E-state index contributed by atoms with van der Waals surface area (Å²) >= 11 is 0. The third kappa shape index (κ3) is 3.72. The van der Waals surface area contributed by atoms with E-state index in [1.165, 1.54) is 12.3 Å². The highest BCUT2D eigenvalue weighted by atomic mass is 19.4. The Morgan fingerprint density at radius 2 is 1.93 bits per heavy atom. The third-order valence-electron chi connectivity index (χ3n) is 5.50. The van der Waals surface area contributed by atoms with Crippen molar-refractivity contribution in [3.8, 4) is 11.4 Å². The summed E-state index contributed by atoms with van der Waals surface area (Å²) in [6.45, 7) is 3.05. The molecule has 2 N–H and O–H groups in total. The molecule has 1 aliphatic rings. The number of fused-ring (bicyclic) bond motifs is 1. The summed E-state index contributed by atoms with van der Waals surface area (Å²) in [6, 6.07) is 6.36. The van der Waals surface area contributed by atoms with Gasteiger partial charge >= 0.3 is 6.18 Å². The molecular formula is C20H22F3N5O2. The van der Waals surface area contributed by atoms with Crippen LogP contribution in [0, 0.1) is 0 Å². The van der Waals surface area contributed by atoms with Crippen molar-refractivity contribution in [2.24, 2.45) is 0 Å². The Hall–Kier alpha value is -2.72. The first-order valence-electron chi connectivity index (χ1n) is 9.57. The third-order valence-corrected chi connectivity index (χ3v) is 5.50. The summed E-state index contributed by atoms with van der Waals surface area (Å²) in [5.41, 5.74) is -0.0784. The first kappa shape index (κ1) is 20.5. The van der Waals surface area contributed by atoms with Crippen molar-refractivity contribution in [1.82, 2.24) is 19.6 Å². The zero-order valence-corrected chi connectivity index (χ0v) is 16.5. The SMILES string of the molecule is CC(C)(c1ccc(-c2ccc3cnc(N[C@@H]4CCOC[C@H]4O)nn23)nc1)C(F)(F)F. The number of nitrogens with zero attached hydrogens (tertiary/aromatic N) is 4. The highest BCUT2D eigenvalue weighted by Gasteiger charge is 2.48. The fourth-order valence-electron chi connectivity index (χ4n) is 3.30. The average Bonchev–Trinajstić information content (AvgIpc) is 3.12. The van der Waals surface area contributed by atoms with Crippen LogP contribution in [0.3, 0.4) is 0 Å². The van der Waals surface area contributed by atoms with Crippen molar-refractivity contribution in [3.63, 3.8) is 0 Å². The zero-order valence-electron chi connectivity index (χ0n) is 16.5. The summed E-state index contributed by atoms with van der Waals surface area (Å²) in [6.07, 6.45) is -1.53. The molecule has 160 valence electrons. The lowest BCUT2D eigenvalue weighted by Gasteiger charge is -2.28. The van der Waals surface area contributed by atoms with Crippen LogP contribution in [0.1, 0.15) is 25.8 Å². The average molecular weight is 421 g/mol. The molecule has 3 aromatic rings. The summed E-state index contributed by atoms with van der Waals surface area (Å²) in [5.74, 6) is 0.334. The molecule has 0 unspecified atom stereocenters. The fraction of sp³-hybridized carbons (Fsp3) is 0.450. The largest absolute Gasteiger partial charge is 0.397 e. The van der Waals surface area contributed by atoms with E-state index >= 15 is 0 Å². The monoisotopic (exact) mass is 421 g/mol. The van der Waals surface area contributed by atoms with Gasteiger partial charge < -0.3 is 15.2 Å². The topological polar surface area (TPSA) is 84.6 Å². The quantitative estimate of drug-likeness (QED) is 0.673. The van der Waals surface area contributed by atoms with Crippen LogP contribution in [0.25, 0.3) is 16.9 Å². The molecule has 0 radical (unpaired) electrons. The standard InChI is InChI=1S/C20H22F3N5O2/c1-19(2,20(21,22)23)12-3-5-14(24-9-12)16-6-4-13-10-25-18(27-28(13)16)26-15-7-8-30-11-17(15)29/h3-6,9-10,15,17,29H,7-8,11H2,1-2H3,(H,26,27)/t15-,17-/m1/s1. The maximum absolute atomic E-state index is 13.3. The van der Waals surface area contributed by atoms with Crippen LogP contribution in [0.4, 0.5) is 19.1 Å². The van der Waals surface area contributed by atoms with E-state index in [2.05, 4.69) is 20.4 Å². The van der Waals surface area contributed by atoms with Crippen molar-refractivity contribution >= 4 is 11.5 Å². The summed E-state index contributed by atoms with van der Waals surface area (Å²) in [4.78, 5) is 8.53. The Morgan fingerprint density at radius 3 is 2.60 bits per heavy atom. The number of hydrogen-bond donors (Lipinski definition) is 2. The molecule has 1 saturated heterocycles. The molecule has 0 saturated carbocycles. The van der Waals surface area contributed by atoms with Crippen molar-refractivity contribution in [3.05, 3.63) is 42.2 Å². The minimum Gasteiger partial charge on any atom is -0.389 e. The van der Waals surface area contributed by atoms with Gasteiger partial charge in [-0.05, 0) is 44.0 Å². The summed E-state index contributed by atoms with van der Waals surface area (Å²) in [7, 11) is 0. The van der Waals surface area contributed by atoms with Crippen molar-refractivity contribution in [2.75, 3.05) is 18.5 Å². The maximum Gasteiger partial charge on any atom is 0.397 e. The van der Waals surface area contributed by atoms with Crippen LogP contribution >= 0.6 is 0 Å². The number of aromatic nitrogens is 4. The number of ether oxygens (including phenoxy) is 1. The normalized spacial score (nSPS) is 20.5. The number of anilines is 1. The van der Waals surface area contributed by atoms with Crippen LogP contribution in [0.5, 0.6) is 0 Å². The van der Waals surface area contributed by atoms with E-state index in [4.69, 9.17) is 4.74 Å². The Bertz CT molecular complexity index is 1030. The first-order chi connectivity index (χ1) is 14.2. The van der Waals surface area contributed by atoms with Crippen molar-refractivity contribution < 1.29 is 23.0 Å². The number of alkyl halides is 3. The van der Waals surface area contributed by atoms with Crippen LogP contribution < -0.4 is 5.32 Å². The Morgan fingerprint density at radius 1 is 1.13 bits per heavy atom. The predicted octanol–water partition coefficient (Wildman–Crippen LogP) is 3.19. The van der Waals surface area contributed by atoms with E-state index in [0.29, 0.717) is 35.9 Å². The molecule has 10 heteroatoms. The van der Waals surface area contributed by atoms with Crippen molar-refractivity contribution in [2.45, 2.75) is 44.0 Å². The van der Waals surface area contributed by atoms with Crippen LogP contribution in [-0.4, -0.2) is 56.2 Å². The molecule has 1 fully saturated rings. The molecule has 3 aromatic heterocycles. The Balaban J connectivity index is 1.63. The molecule has 4 heterocycles. The van der Waals surface area contributed by atoms with E-state index in [0.717, 1.165) is 13.8 Å². The molecule has 1 aliphatic heterocycles. The molecule has 7 nitrogen and oxygen atoms in total. The molecule has 30 heavy (non-hydrogen) atoms. The van der Waals surface area contributed by atoms with E-state index in [1.807, 2.05) is 0 Å². The van der Waals surface area contributed by atoms with Gasteiger partial charge in [-0.2, -0.15) is 13.2 Å². The van der Waals surface area contributed by atoms with Gasteiger partial charge in [-0.15, -0.1) is 5.10 Å². The van der Waals surface area contributed by atoms with E-state index in [9.17, 15) is 18.3 Å². The molecule has 2 atom stereocenters. The smallest absolute Gasteiger partial charge is 0.389 e. The lowest BCUT2D eigenvalue weighted by molar-refractivity contribution is -0.180.